The van der Waals surface area contributed by atoms with Gasteiger partial charge in [-0.3, -0.25) is 9.97 Å². The normalized spacial score (nSPS) is 12.4. The van der Waals surface area contributed by atoms with E-state index < -0.39 is 17.0 Å². The molecule has 9 heteroatoms. The lowest BCUT2D eigenvalue weighted by molar-refractivity contribution is 0.0698. The Morgan fingerprint density at radius 3 is 2.62 bits per heavy atom. The Kier molecular flexibility index (Phi) is 3.20. The smallest absolute Gasteiger partial charge is 0.338 e. The van der Waals surface area contributed by atoms with Gasteiger partial charge >= 0.3 is 5.97 Å². The number of hydrogen-bond donors (Lipinski definition) is 2. The topological polar surface area (TPSA) is 118 Å². The van der Waals surface area contributed by atoms with E-state index in [9.17, 15) is 9.00 Å². The maximum absolute atomic E-state index is 11.1. The van der Waals surface area contributed by atoms with E-state index in [1.54, 1.807) is 0 Å². The third-order valence-electron chi connectivity index (χ3n) is 2.87. The van der Waals surface area contributed by atoms with Crippen molar-refractivity contribution < 1.29 is 18.7 Å². The van der Waals surface area contributed by atoms with E-state index in [4.69, 9.17) is 9.66 Å². The van der Waals surface area contributed by atoms with Crippen molar-refractivity contribution >= 4 is 28.0 Å². The molecule has 0 radical (unpaired) electrons. The number of carbonyl (C=O) groups is 1. The molecule has 0 aromatic carbocycles. The number of aromatic carboxylic acids is 1. The number of rotatable bonds is 3. The van der Waals surface area contributed by atoms with Crippen LogP contribution in [0.5, 0.6) is 0 Å². The number of pyridine rings is 2. The molecule has 8 nitrogen and oxygen atoms in total. The standard InChI is InChI=1S/C12H8N4O4S/c17-12(18)10-4-14-6-11-9(10)5-15-16(11)7-1-8(21(19)20)3-13-2-7/h1-6H,(H,17,18)(H,19,20). The van der Waals surface area contributed by atoms with Gasteiger partial charge in [-0.05, 0) is 6.07 Å². The van der Waals surface area contributed by atoms with Crippen molar-refractivity contribution in [3.63, 3.8) is 0 Å². The zero-order chi connectivity index (χ0) is 15.0. The highest BCUT2D eigenvalue weighted by Gasteiger charge is 2.14. The maximum atomic E-state index is 11.1. The zero-order valence-corrected chi connectivity index (χ0v) is 11.2. The van der Waals surface area contributed by atoms with E-state index in [-0.39, 0.29) is 10.5 Å². The first-order valence-electron chi connectivity index (χ1n) is 5.69. The van der Waals surface area contributed by atoms with Gasteiger partial charge in [-0.25, -0.2) is 13.7 Å². The molecule has 2 N–H and O–H groups in total. The summed E-state index contributed by atoms with van der Waals surface area (Å²) >= 11 is -2.16. The summed E-state index contributed by atoms with van der Waals surface area (Å²) in [5.74, 6) is -1.10. The van der Waals surface area contributed by atoms with Crippen LogP contribution in [0.4, 0.5) is 0 Å². The number of carboxylic acid groups (broad SMARTS) is 1. The predicted octanol–water partition coefficient (Wildman–Crippen LogP) is 1.09. The van der Waals surface area contributed by atoms with Crippen LogP contribution in [-0.2, 0) is 11.1 Å². The first kappa shape index (κ1) is 13.3. The molecule has 0 aliphatic heterocycles. The largest absolute Gasteiger partial charge is 0.478 e. The predicted molar refractivity (Wildman–Crippen MR) is 72.7 cm³/mol. The summed E-state index contributed by atoms with van der Waals surface area (Å²) in [6.45, 7) is 0. The number of carboxylic acids is 1. The fourth-order valence-electron chi connectivity index (χ4n) is 1.94. The fourth-order valence-corrected chi connectivity index (χ4v) is 2.31. The molecule has 0 saturated heterocycles. The molecule has 0 saturated carbocycles. The van der Waals surface area contributed by atoms with E-state index in [1.165, 1.54) is 41.7 Å². The van der Waals surface area contributed by atoms with Gasteiger partial charge in [0.1, 0.15) is 0 Å². The minimum atomic E-state index is -2.16. The van der Waals surface area contributed by atoms with Crippen LogP contribution >= 0.6 is 0 Å². The van der Waals surface area contributed by atoms with Gasteiger partial charge in [-0.1, -0.05) is 0 Å². The Hall–Kier alpha value is -2.65. The van der Waals surface area contributed by atoms with Crippen LogP contribution in [0.1, 0.15) is 10.4 Å². The summed E-state index contributed by atoms with van der Waals surface area (Å²) in [4.78, 5) is 19.0. The maximum Gasteiger partial charge on any atom is 0.338 e. The summed E-state index contributed by atoms with van der Waals surface area (Å²) in [5, 5.41) is 13.6. The van der Waals surface area contributed by atoms with Gasteiger partial charge in [-0.15, -0.1) is 0 Å². The molecule has 1 atom stereocenters. The van der Waals surface area contributed by atoms with E-state index in [0.29, 0.717) is 16.6 Å². The van der Waals surface area contributed by atoms with Crippen LogP contribution in [0, 0.1) is 0 Å². The molecule has 3 rings (SSSR count). The minimum Gasteiger partial charge on any atom is -0.478 e. The minimum absolute atomic E-state index is 0.0357. The zero-order valence-electron chi connectivity index (χ0n) is 10.4. The molecule has 0 spiro atoms. The second-order valence-corrected chi connectivity index (χ2v) is 5.08. The second kappa shape index (κ2) is 5.04. The van der Waals surface area contributed by atoms with Crippen molar-refractivity contribution in [1.82, 2.24) is 19.7 Å². The molecule has 21 heavy (non-hydrogen) atoms. The van der Waals surface area contributed by atoms with Crippen molar-refractivity contribution in [2.24, 2.45) is 0 Å². The van der Waals surface area contributed by atoms with Gasteiger partial charge in [0.25, 0.3) is 0 Å². The number of nitrogens with zero attached hydrogens (tertiary/aromatic N) is 4. The molecule has 1 unspecified atom stereocenters. The van der Waals surface area contributed by atoms with Crippen molar-refractivity contribution in [2.75, 3.05) is 0 Å². The summed E-state index contributed by atoms with van der Waals surface area (Å²) in [6.07, 6.45) is 6.84. The average Bonchev–Trinajstić information content (AvgIpc) is 2.91. The SMILES string of the molecule is O=C(O)c1cncc2c1cnn2-c1cncc(S(=O)O)c1. The summed E-state index contributed by atoms with van der Waals surface area (Å²) < 4.78 is 21.6. The highest BCUT2D eigenvalue weighted by molar-refractivity contribution is 7.79. The van der Waals surface area contributed by atoms with Gasteiger partial charge in [0, 0.05) is 17.8 Å². The molecule has 0 amide bonds. The lowest BCUT2D eigenvalue weighted by atomic mass is 10.2. The summed E-state index contributed by atoms with van der Waals surface area (Å²) in [6, 6.07) is 1.45. The quantitative estimate of drug-likeness (QED) is 0.695. The average molecular weight is 304 g/mol. The van der Waals surface area contributed by atoms with Crippen LogP contribution in [0.25, 0.3) is 16.6 Å². The van der Waals surface area contributed by atoms with E-state index in [0.717, 1.165) is 0 Å². The molecule has 106 valence electrons. The van der Waals surface area contributed by atoms with Crippen molar-refractivity contribution in [3.05, 3.63) is 42.6 Å². The summed E-state index contributed by atoms with van der Waals surface area (Å²) in [7, 11) is 0. The molecule has 0 aliphatic carbocycles. The first-order valence-corrected chi connectivity index (χ1v) is 6.80. The molecule has 0 bridgehead atoms. The fraction of sp³-hybridized carbons (Fsp3) is 0. The second-order valence-electron chi connectivity index (χ2n) is 4.11. The van der Waals surface area contributed by atoms with Crippen molar-refractivity contribution in [1.29, 1.82) is 0 Å². The van der Waals surface area contributed by atoms with Gasteiger partial charge in [0.05, 0.1) is 40.3 Å². The Balaban J connectivity index is 2.22. The van der Waals surface area contributed by atoms with Gasteiger partial charge in [-0.2, -0.15) is 5.10 Å². The van der Waals surface area contributed by atoms with Gasteiger partial charge in [0.2, 0.25) is 0 Å². The highest BCUT2D eigenvalue weighted by atomic mass is 32.2. The third-order valence-corrected chi connectivity index (χ3v) is 3.50. The Labute approximate surface area is 120 Å². The van der Waals surface area contributed by atoms with Gasteiger partial charge < -0.3 is 9.66 Å². The molecule has 0 fully saturated rings. The molecule has 3 aromatic rings. The van der Waals surface area contributed by atoms with Crippen molar-refractivity contribution in [3.8, 4) is 5.69 Å². The molecule has 3 heterocycles. The first-order chi connectivity index (χ1) is 10.1. The summed E-state index contributed by atoms with van der Waals surface area (Å²) in [5.41, 5.74) is 0.945. The lowest BCUT2D eigenvalue weighted by Crippen LogP contribution is -2.01. The van der Waals surface area contributed by atoms with Gasteiger partial charge in [0.15, 0.2) is 11.1 Å². The van der Waals surface area contributed by atoms with E-state index in [1.807, 2.05) is 0 Å². The third kappa shape index (κ3) is 2.28. The Morgan fingerprint density at radius 2 is 1.90 bits per heavy atom. The monoisotopic (exact) mass is 304 g/mol. The Bertz CT molecular complexity index is 877. The lowest BCUT2D eigenvalue weighted by Gasteiger charge is -2.04. The Morgan fingerprint density at radius 1 is 1.14 bits per heavy atom. The van der Waals surface area contributed by atoms with E-state index in [2.05, 4.69) is 15.1 Å². The molecular formula is C12H8N4O4S. The highest BCUT2D eigenvalue weighted by Crippen LogP contribution is 2.21. The number of hydrogen-bond acceptors (Lipinski definition) is 5. The molecular weight excluding hydrogens is 296 g/mol. The van der Waals surface area contributed by atoms with Crippen LogP contribution in [0.3, 0.4) is 0 Å². The molecule has 0 aliphatic rings. The van der Waals surface area contributed by atoms with Crippen LogP contribution < -0.4 is 0 Å². The molecule has 3 aromatic heterocycles. The van der Waals surface area contributed by atoms with Crippen LogP contribution in [0.15, 0.2) is 41.9 Å². The number of aromatic nitrogens is 4. The van der Waals surface area contributed by atoms with Crippen LogP contribution in [0.2, 0.25) is 0 Å². The van der Waals surface area contributed by atoms with E-state index >= 15 is 0 Å². The van der Waals surface area contributed by atoms with Crippen LogP contribution in [-0.4, -0.2) is 39.6 Å². The van der Waals surface area contributed by atoms with Crippen molar-refractivity contribution in [2.45, 2.75) is 4.90 Å². The number of fused-ring (bicyclic) bond motifs is 1.